The molecule has 112 valence electrons. The Morgan fingerprint density at radius 2 is 1.71 bits per heavy atom. The van der Waals surface area contributed by atoms with Gasteiger partial charge in [0, 0.05) is 11.0 Å². The summed E-state index contributed by atoms with van der Waals surface area (Å²) in [5.74, 6) is -1.55. The fraction of sp³-hybridized carbons (Fsp3) is 0.143. The molecule has 0 aliphatic rings. The van der Waals surface area contributed by atoms with E-state index in [1.54, 1.807) is 6.07 Å². The number of halogens is 6. The number of rotatable bonds is 3. The Bertz CT molecular complexity index is 654. The first-order chi connectivity index (χ1) is 9.75. The van der Waals surface area contributed by atoms with Gasteiger partial charge in [0.05, 0.1) is 11.3 Å². The van der Waals surface area contributed by atoms with Gasteiger partial charge in [0.15, 0.2) is 0 Å². The molecule has 0 radical (unpaired) electrons. The molecule has 2 rings (SSSR count). The van der Waals surface area contributed by atoms with E-state index in [4.69, 9.17) is 0 Å². The number of hydrogen-bond donors (Lipinski definition) is 1. The molecule has 2 aromatic rings. The smallest absolute Gasteiger partial charge is 0.379 e. The Morgan fingerprint density at radius 3 is 2.33 bits per heavy atom. The molecule has 0 aromatic heterocycles. The molecule has 0 aliphatic carbocycles. The molecule has 0 unspecified atom stereocenters. The van der Waals surface area contributed by atoms with Crippen LogP contribution in [-0.2, 0) is 12.7 Å². The molecule has 2 aromatic carbocycles. The molecule has 21 heavy (non-hydrogen) atoms. The van der Waals surface area contributed by atoms with Gasteiger partial charge >= 0.3 is 6.18 Å². The molecular formula is C14H9BrF5N. The van der Waals surface area contributed by atoms with Crippen LogP contribution in [0.4, 0.5) is 27.6 Å². The van der Waals surface area contributed by atoms with Gasteiger partial charge in [-0.15, -0.1) is 0 Å². The molecule has 0 saturated heterocycles. The number of benzene rings is 2. The number of anilines is 1. The van der Waals surface area contributed by atoms with Crippen molar-refractivity contribution in [3.8, 4) is 0 Å². The third-order valence-electron chi connectivity index (χ3n) is 2.70. The van der Waals surface area contributed by atoms with E-state index in [-0.39, 0.29) is 17.8 Å². The van der Waals surface area contributed by atoms with E-state index in [0.717, 1.165) is 12.1 Å². The zero-order valence-electron chi connectivity index (χ0n) is 10.4. The lowest BCUT2D eigenvalue weighted by Gasteiger charge is -2.11. The Kier molecular flexibility index (Phi) is 4.51. The van der Waals surface area contributed by atoms with Crippen molar-refractivity contribution < 1.29 is 22.0 Å². The zero-order chi connectivity index (χ0) is 15.6. The topological polar surface area (TPSA) is 12.0 Å². The molecule has 1 nitrogen and oxygen atoms in total. The van der Waals surface area contributed by atoms with Gasteiger partial charge in [0.25, 0.3) is 0 Å². The molecule has 0 saturated carbocycles. The first kappa shape index (κ1) is 15.8. The van der Waals surface area contributed by atoms with Crippen LogP contribution >= 0.6 is 15.9 Å². The molecule has 0 fully saturated rings. The summed E-state index contributed by atoms with van der Waals surface area (Å²) in [4.78, 5) is 0. The molecule has 0 spiro atoms. The van der Waals surface area contributed by atoms with Gasteiger partial charge in [-0.25, -0.2) is 8.78 Å². The van der Waals surface area contributed by atoms with Crippen molar-refractivity contribution in [2.24, 2.45) is 0 Å². The van der Waals surface area contributed by atoms with Gasteiger partial charge < -0.3 is 5.32 Å². The lowest BCUT2D eigenvalue weighted by molar-refractivity contribution is -0.137. The van der Waals surface area contributed by atoms with Gasteiger partial charge in [-0.2, -0.15) is 13.2 Å². The highest BCUT2D eigenvalue weighted by atomic mass is 79.9. The van der Waals surface area contributed by atoms with Crippen molar-refractivity contribution in [3.63, 3.8) is 0 Å². The molecule has 0 aliphatic heterocycles. The number of nitrogens with one attached hydrogen (secondary N) is 1. The van der Waals surface area contributed by atoms with Crippen molar-refractivity contribution in [1.29, 1.82) is 0 Å². The molecule has 7 heteroatoms. The van der Waals surface area contributed by atoms with Gasteiger partial charge in [-0.1, -0.05) is 15.9 Å². The zero-order valence-corrected chi connectivity index (χ0v) is 12.0. The van der Waals surface area contributed by atoms with Crippen LogP contribution in [-0.4, -0.2) is 0 Å². The fourth-order valence-corrected chi connectivity index (χ4v) is 2.08. The van der Waals surface area contributed by atoms with E-state index >= 15 is 0 Å². The fourth-order valence-electron chi connectivity index (χ4n) is 1.75. The SMILES string of the molecule is Fc1cc(CNc2ccc(Br)cc2F)cc(C(F)(F)F)c1. The maximum absolute atomic E-state index is 13.6. The molecular weight excluding hydrogens is 357 g/mol. The van der Waals surface area contributed by atoms with E-state index in [1.807, 2.05) is 0 Å². The summed E-state index contributed by atoms with van der Waals surface area (Å²) < 4.78 is 65.0. The lowest BCUT2D eigenvalue weighted by atomic mass is 10.1. The van der Waals surface area contributed by atoms with Gasteiger partial charge in [0.1, 0.15) is 11.6 Å². The normalized spacial score (nSPS) is 11.5. The van der Waals surface area contributed by atoms with Crippen LogP contribution in [0.5, 0.6) is 0 Å². The highest BCUT2D eigenvalue weighted by Gasteiger charge is 2.31. The average Bonchev–Trinajstić information content (AvgIpc) is 2.36. The second-order valence-corrected chi connectivity index (χ2v) is 5.24. The molecule has 0 amide bonds. The van der Waals surface area contributed by atoms with Crippen molar-refractivity contribution in [2.45, 2.75) is 12.7 Å². The lowest BCUT2D eigenvalue weighted by Crippen LogP contribution is -2.08. The van der Waals surface area contributed by atoms with Crippen LogP contribution in [0, 0.1) is 11.6 Å². The summed E-state index contributed by atoms with van der Waals surface area (Å²) in [6, 6.07) is 6.45. The predicted octanol–water partition coefficient (Wildman–Crippen LogP) is 5.36. The van der Waals surface area contributed by atoms with E-state index < -0.39 is 23.4 Å². The average molecular weight is 366 g/mol. The molecule has 0 atom stereocenters. The highest BCUT2D eigenvalue weighted by molar-refractivity contribution is 9.10. The van der Waals surface area contributed by atoms with Crippen molar-refractivity contribution in [3.05, 3.63) is 63.6 Å². The standard InChI is InChI=1S/C14H9BrF5N/c15-10-1-2-13(12(17)6-10)21-7-8-3-9(14(18,19)20)5-11(16)4-8/h1-6,21H,7H2. The van der Waals surface area contributed by atoms with E-state index in [0.29, 0.717) is 10.5 Å². The van der Waals surface area contributed by atoms with Crippen LogP contribution in [0.2, 0.25) is 0 Å². The van der Waals surface area contributed by atoms with Crippen LogP contribution in [0.3, 0.4) is 0 Å². The van der Waals surface area contributed by atoms with E-state index in [9.17, 15) is 22.0 Å². The highest BCUT2D eigenvalue weighted by Crippen LogP contribution is 2.30. The largest absolute Gasteiger partial charge is 0.416 e. The second kappa shape index (κ2) is 6.01. The summed E-state index contributed by atoms with van der Waals surface area (Å²) in [6.45, 7) is -0.126. The van der Waals surface area contributed by atoms with Crippen LogP contribution in [0.1, 0.15) is 11.1 Å². The third kappa shape index (κ3) is 4.17. The minimum Gasteiger partial charge on any atom is -0.379 e. The first-order valence-corrected chi connectivity index (χ1v) is 6.60. The minimum absolute atomic E-state index is 0.0737. The summed E-state index contributed by atoms with van der Waals surface area (Å²) in [5.41, 5.74) is -0.878. The molecule has 0 bridgehead atoms. The number of hydrogen-bond acceptors (Lipinski definition) is 1. The van der Waals surface area contributed by atoms with Crippen molar-refractivity contribution >= 4 is 21.6 Å². The Labute approximate surface area is 125 Å². The van der Waals surface area contributed by atoms with Crippen LogP contribution < -0.4 is 5.32 Å². The van der Waals surface area contributed by atoms with E-state index in [2.05, 4.69) is 21.2 Å². The maximum atomic E-state index is 13.6. The second-order valence-electron chi connectivity index (χ2n) is 4.32. The van der Waals surface area contributed by atoms with Crippen LogP contribution in [0.25, 0.3) is 0 Å². The van der Waals surface area contributed by atoms with Crippen molar-refractivity contribution in [2.75, 3.05) is 5.32 Å². The van der Waals surface area contributed by atoms with E-state index in [1.165, 1.54) is 12.1 Å². The third-order valence-corrected chi connectivity index (χ3v) is 3.19. The Hall–Kier alpha value is -1.63. The monoisotopic (exact) mass is 365 g/mol. The summed E-state index contributed by atoms with van der Waals surface area (Å²) >= 11 is 3.09. The summed E-state index contributed by atoms with van der Waals surface area (Å²) in [6.07, 6.45) is -4.63. The molecule has 1 N–H and O–H groups in total. The van der Waals surface area contributed by atoms with Crippen molar-refractivity contribution in [1.82, 2.24) is 0 Å². The predicted molar refractivity (Wildman–Crippen MR) is 72.8 cm³/mol. The maximum Gasteiger partial charge on any atom is 0.416 e. The first-order valence-electron chi connectivity index (χ1n) is 5.81. The summed E-state index contributed by atoms with van der Waals surface area (Å²) in [7, 11) is 0. The minimum atomic E-state index is -4.63. The quantitative estimate of drug-likeness (QED) is 0.722. The van der Waals surface area contributed by atoms with Gasteiger partial charge in [0.2, 0.25) is 0 Å². The van der Waals surface area contributed by atoms with Gasteiger partial charge in [-0.05, 0) is 42.0 Å². The Morgan fingerprint density at radius 1 is 1.00 bits per heavy atom. The number of alkyl halides is 3. The van der Waals surface area contributed by atoms with Crippen LogP contribution in [0.15, 0.2) is 40.9 Å². The summed E-state index contributed by atoms with van der Waals surface area (Å²) in [5, 5.41) is 2.63. The molecule has 0 heterocycles. The Balaban J connectivity index is 2.18. The van der Waals surface area contributed by atoms with Gasteiger partial charge in [-0.3, -0.25) is 0 Å².